The van der Waals surface area contributed by atoms with Crippen LogP contribution in [-0.4, -0.2) is 29.6 Å². The molecule has 0 aliphatic carbocycles. The van der Waals surface area contributed by atoms with Gasteiger partial charge in [-0.05, 0) is 38.6 Å². The third kappa shape index (κ3) is 1.89. The molecule has 0 saturated carbocycles. The summed E-state index contributed by atoms with van der Waals surface area (Å²) >= 11 is 0. The predicted octanol–water partition coefficient (Wildman–Crippen LogP) is 1.74. The Hall–Kier alpha value is -0.0800. The molecule has 3 atom stereocenters. The van der Waals surface area contributed by atoms with Gasteiger partial charge in [0.2, 0.25) is 0 Å². The molecule has 13 heavy (non-hydrogen) atoms. The Bertz CT molecular complexity index is 155. The summed E-state index contributed by atoms with van der Waals surface area (Å²) in [7, 11) is 0. The molecule has 2 rings (SSSR count). The molecular weight excluding hydrogens is 160 g/mol. The van der Waals surface area contributed by atoms with Crippen molar-refractivity contribution in [3.63, 3.8) is 0 Å². The smallest absolute Gasteiger partial charge is 0.0113 e. The van der Waals surface area contributed by atoms with Gasteiger partial charge in [-0.15, -0.1) is 0 Å². The molecule has 2 bridgehead atoms. The number of nitrogens with zero attached hydrogens (tertiary/aromatic N) is 1. The molecule has 2 heterocycles. The number of rotatable bonds is 2. The highest BCUT2D eigenvalue weighted by atomic mass is 15.2. The summed E-state index contributed by atoms with van der Waals surface area (Å²) in [6.07, 6.45) is 8.01. The van der Waals surface area contributed by atoms with Crippen LogP contribution < -0.4 is 5.73 Å². The van der Waals surface area contributed by atoms with Crippen molar-refractivity contribution in [2.75, 3.05) is 6.54 Å². The summed E-state index contributed by atoms with van der Waals surface area (Å²) in [5.41, 5.74) is 6.06. The van der Waals surface area contributed by atoms with Crippen LogP contribution in [0.25, 0.3) is 0 Å². The van der Waals surface area contributed by atoms with E-state index in [1.165, 1.54) is 45.1 Å². The second kappa shape index (κ2) is 3.97. The lowest BCUT2D eigenvalue weighted by Gasteiger charge is -2.48. The molecule has 0 aromatic carbocycles. The van der Waals surface area contributed by atoms with Gasteiger partial charge in [0.15, 0.2) is 0 Å². The van der Waals surface area contributed by atoms with Gasteiger partial charge in [0.1, 0.15) is 0 Å². The third-order valence-corrected chi connectivity index (χ3v) is 3.64. The first-order valence-corrected chi connectivity index (χ1v) is 5.82. The van der Waals surface area contributed by atoms with Gasteiger partial charge in [-0.3, -0.25) is 4.90 Å². The summed E-state index contributed by atoms with van der Waals surface area (Å²) in [5.74, 6) is 0. The molecule has 0 radical (unpaired) electrons. The van der Waals surface area contributed by atoms with Gasteiger partial charge in [0, 0.05) is 18.1 Å². The van der Waals surface area contributed by atoms with E-state index < -0.39 is 0 Å². The van der Waals surface area contributed by atoms with Crippen molar-refractivity contribution >= 4 is 0 Å². The molecular formula is C11H22N2. The van der Waals surface area contributed by atoms with Crippen LogP contribution in [0, 0.1) is 0 Å². The lowest BCUT2D eigenvalue weighted by molar-refractivity contribution is 0.0318. The Morgan fingerprint density at radius 3 is 2.38 bits per heavy atom. The monoisotopic (exact) mass is 182 g/mol. The molecule has 2 saturated heterocycles. The number of hydrogen-bond acceptors (Lipinski definition) is 2. The minimum atomic E-state index is 0.489. The van der Waals surface area contributed by atoms with E-state index in [-0.39, 0.29) is 0 Å². The first kappa shape index (κ1) is 9.47. The number of piperidine rings is 2. The van der Waals surface area contributed by atoms with Crippen molar-refractivity contribution in [3.8, 4) is 0 Å². The second-order valence-corrected chi connectivity index (χ2v) is 4.71. The molecule has 0 aromatic rings. The molecule has 2 nitrogen and oxygen atoms in total. The van der Waals surface area contributed by atoms with Gasteiger partial charge >= 0.3 is 0 Å². The Kier molecular flexibility index (Phi) is 2.89. The molecule has 1 unspecified atom stereocenters. The van der Waals surface area contributed by atoms with Crippen molar-refractivity contribution < 1.29 is 0 Å². The SMILES string of the molecule is CCCN1[C@@H]2CCC[C@H]1CC(N)C2. The van der Waals surface area contributed by atoms with Crippen molar-refractivity contribution in [1.82, 2.24) is 4.90 Å². The van der Waals surface area contributed by atoms with Crippen LogP contribution in [0.5, 0.6) is 0 Å². The zero-order chi connectivity index (χ0) is 9.26. The Balaban J connectivity index is 2.01. The molecule has 2 aliphatic rings. The highest BCUT2D eigenvalue weighted by Gasteiger charge is 2.35. The second-order valence-electron chi connectivity index (χ2n) is 4.71. The van der Waals surface area contributed by atoms with E-state index in [0.29, 0.717) is 6.04 Å². The lowest BCUT2D eigenvalue weighted by Crippen LogP contribution is -2.55. The minimum absolute atomic E-state index is 0.489. The first-order valence-electron chi connectivity index (χ1n) is 5.82. The van der Waals surface area contributed by atoms with Gasteiger partial charge in [-0.1, -0.05) is 13.3 Å². The number of fused-ring (bicyclic) bond motifs is 2. The maximum atomic E-state index is 6.06. The Labute approximate surface area is 81.5 Å². The average Bonchev–Trinajstić information content (AvgIpc) is 2.07. The fourth-order valence-electron chi connectivity index (χ4n) is 3.14. The van der Waals surface area contributed by atoms with Crippen LogP contribution in [-0.2, 0) is 0 Å². The largest absolute Gasteiger partial charge is 0.328 e. The zero-order valence-corrected chi connectivity index (χ0v) is 8.71. The van der Waals surface area contributed by atoms with Crippen LogP contribution in [0.2, 0.25) is 0 Å². The van der Waals surface area contributed by atoms with Crippen molar-refractivity contribution in [1.29, 1.82) is 0 Å². The van der Waals surface area contributed by atoms with Crippen molar-refractivity contribution in [2.24, 2.45) is 5.73 Å². The van der Waals surface area contributed by atoms with Crippen LogP contribution in [0.1, 0.15) is 45.4 Å². The molecule has 76 valence electrons. The maximum Gasteiger partial charge on any atom is 0.0113 e. The molecule has 2 N–H and O–H groups in total. The van der Waals surface area contributed by atoms with Crippen molar-refractivity contribution in [3.05, 3.63) is 0 Å². The maximum absolute atomic E-state index is 6.06. The average molecular weight is 182 g/mol. The normalized spacial score (nSPS) is 40.6. The highest BCUT2D eigenvalue weighted by molar-refractivity contribution is 4.93. The van der Waals surface area contributed by atoms with E-state index in [4.69, 9.17) is 5.73 Å². The molecule has 0 amide bonds. The molecule has 0 aromatic heterocycles. The van der Waals surface area contributed by atoms with E-state index in [2.05, 4.69) is 11.8 Å². The highest BCUT2D eigenvalue weighted by Crippen LogP contribution is 2.33. The summed E-state index contributed by atoms with van der Waals surface area (Å²) in [6.45, 7) is 3.58. The third-order valence-electron chi connectivity index (χ3n) is 3.64. The van der Waals surface area contributed by atoms with E-state index in [9.17, 15) is 0 Å². The summed E-state index contributed by atoms with van der Waals surface area (Å²) < 4.78 is 0. The fraction of sp³-hybridized carbons (Fsp3) is 1.00. The van der Waals surface area contributed by atoms with Crippen LogP contribution >= 0.6 is 0 Å². The van der Waals surface area contributed by atoms with Crippen molar-refractivity contribution in [2.45, 2.75) is 63.6 Å². The number of hydrogen-bond donors (Lipinski definition) is 1. The van der Waals surface area contributed by atoms with E-state index >= 15 is 0 Å². The van der Waals surface area contributed by atoms with Gasteiger partial charge < -0.3 is 5.73 Å². The summed E-state index contributed by atoms with van der Waals surface area (Å²) in [4.78, 5) is 2.73. The van der Waals surface area contributed by atoms with Gasteiger partial charge in [0.05, 0.1) is 0 Å². The van der Waals surface area contributed by atoms with Crippen LogP contribution in [0.15, 0.2) is 0 Å². The van der Waals surface area contributed by atoms with Crippen LogP contribution in [0.3, 0.4) is 0 Å². The zero-order valence-electron chi connectivity index (χ0n) is 8.71. The Morgan fingerprint density at radius 1 is 1.23 bits per heavy atom. The van der Waals surface area contributed by atoms with Gasteiger partial charge in [0.25, 0.3) is 0 Å². The van der Waals surface area contributed by atoms with Crippen LogP contribution in [0.4, 0.5) is 0 Å². The first-order chi connectivity index (χ1) is 6.31. The fourth-order valence-corrected chi connectivity index (χ4v) is 3.14. The summed E-state index contributed by atoms with van der Waals surface area (Å²) in [5, 5.41) is 0. The molecule has 2 fully saturated rings. The summed E-state index contributed by atoms with van der Waals surface area (Å²) in [6, 6.07) is 2.13. The Morgan fingerprint density at radius 2 is 1.85 bits per heavy atom. The quantitative estimate of drug-likeness (QED) is 0.705. The topological polar surface area (TPSA) is 29.3 Å². The molecule has 2 heteroatoms. The molecule has 2 aliphatic heterocycles. The standard InChI is InChI=1S/C11H22N2/c1-2-6-13-10-4-3-5-11(13)8-9(12)7-10/h9-11H,2-8,12H2,1H3/t9?,10-,11+. The van der Waals surface area contributed by atoms with Gasteiger partial charge in [-0.25, -0.2) is 0 Å². The van der Waals surface area contributed by atoms with Gasteiger partial charge in [-0.2, -0.15) is 0 Å². The minimum Gasteiger partial charge on any atom is -0.328 e. The van der Waals surface area contributed by atoms with E-state index in [0.717, 1.165) is 12.1 Å². The predicted molar refractivity (Wildman–Crippen MR) is 55.6 cm³/mol. The van der Waals surface area contributed by atoms with E-state index in [1.54, 1.807) is 0 Å². The lowest BCUT2D eigenvalue weighted by atomic mass is 9.82. The number of nitrogens with two attached hydrogens (primary N) is 1. The van der Waals surface area contributed by atoms with E-state index in [1.807, 2.05) is 0 Å². The molecule has 0 spiro atoms.